The molecule has 0 fully saturated rings. The van der Waals surface area contributed by atoms with Crippen molar-refractivity contribution >= 4 is 35.3 Å². The Morgan fingerprint density at radius 1 is 1.17 bits per heavy atom. The molecule has 0 unspecified atom stereocenters. The minimum absolute atomic E-state index is 0.151. The number of hydrogen-bond acceptors (Lipinski definition) is 3. The predicted octanol–water partition coefficient (Wildman–Crippen LogP) is 4.25. The summed E-state index contributed by atoms with van der Waals surface area (Å²) in [5.41, 5.74) is 3.88. The molecule has 6 heteroatoms. The summed E-state index contributed by atoms with van der Waals surface area (Å²) in [5.74, 6) is 0.258. The molecule has 24 heavy (non-hydrogen) atoms. The molecule has 0 radical (unpaired) electrons. The van der Waals surface area contributed by atoms with Gasteiger partial charge in [-0.3, -0.25) is 4.79 Å². The van der Waals surface area contributed by atoms with Gasteiger partial charge in [-0.25, -0.2) is 5.43 Å². The maximum absolute atomic E-state index is 11.8. The van der Waals surface area contributed by atoms with E-state index in [1.54, 1.807) is 30.3 Å². The standard InChI is InChI=1S/C18H16Cl2N2O2/c1-2-6-13-7-3-4-10-17(13)24-12-18(23)22-21-11-14-15(19)8-5-9-16(14)20/h2-5,7-11H,1,6,12H2,(H,22,23)/b21-11-. The van der Waals surface area contributed by atoms with Crippen LogP contribution in [-0.2, 0) is 11.2 Å². The highest BCUT2D eigenvalue weighted by Crippen LogP contribution is 2.22. The second kappa shape index (κ2) is 9.11. The van der Waals surface area contributed by atoms with Crippen LogP contribution in [0.1, 0.15) is 11.1 Å². The smallest absolute Gasteiger partial charge is 0.277 e. The number of para-hydroxylation sites is 1. The van der Waals surface area contributed by atoms with Crippen LogP contribution in [0.3, 0.4) is 0 Å². The second-order valence-corrected chi connectivity index (χ2v) is 5.63. The largest absolute Gasteiger partial charge is 0.483 e. The molecule has 0 aromatic heterocycles. The van der Waals surface area contributed by atoms with Crippen molar-refractivity contribution in [3.05, 3.63) is 76.3 Å². The molecule has 2 aromatic rings. The van der Waals surface area contributed by atoms with Crippen molar-refractivity contribution < 1.29 is 9.53 Å². The Kier molecular flexibility index (Phi) is 6.85. The van der Waals surface area contributed by atoms with Crippen LogP contribution in [0, 0.1) is 0 Å². The van der Waals surface area contributed by atoms with Gasteiger partial charge in [-0.2, -0.15) is 5.10 Å². The fourth-order valence-electron chi connectivity index (χ4n) is 1.95. The van der Waals surface area contributed by atoms with E-state index in [9.17, 15) is 4.79 Å². The van der Waals surface area contributed by atoms with Crippen molar-refractivity contribution in [2.24, 2.45) is 5.10 Å². The molecule has 0 aliphatic carbocycles. The van der Waals surface area contributed by atoms with Crippen LogP contribution in [0.2, 0.25) is 10.0 Å². The van der Waals surface area contributed by atoms with Gasteiger partial charge in [-0.15, -0.1) is 6.58 Å². The maximum atomic E-state index is 11.8. The zero-order chi connectivity index (χ0) is 17.4. The number of carbonyl (C=O) groups is 1. The second-order valence-electron chi connectivity index (χ2n) is 4.82. The summed E-state index contributed by atoms with van der Waals surface area (Å²) < 4.78 is 5.52. The molecule has 2 aromatic carbocycles. The Morgan fingerprint density at radius 3 is 2.58 bits per heavy atom. The molecule has 0 heterocycles. The van der Waals surface area contributed by atoms with Gasteiger partial charge in [0.15, 0.2) is 6.61 Å². The number of amides is 1. The number of allylic oxidation sites excluding steroid dienone is 1. The van der Waals surface area contributed by atoms with E-state index >= 15 is 0 Å². The summed E-state index contributed by atoms with van der Waals surface area (Å²) >= 11 is 12.0. The monoisotopic (exact) mass is 362 g/mol. The summed E-state index contributed by atoms with van der Waals surface area (Å²) in [7, 11) is 0. The zero-order valence-corrected chi connectivity index (χ0v) is 14.3. The molecule has 2 rings (SSSR count). The van der Waals surface area contributed by atoms with Crippen LogP contribution in [-0.4, -0.2) is 18.7 Å². The van der Waals surface area contributed by atoms with E-state index in [1.165, 1.54) is 6.21 Å². The normalized spacial score (nSPS) is 10.6. The van der Waals surface area contributed by atoms with E-state index in [-0.39, 0.29) is 12.5 Å². The lowest BCUT2D eigenvalue weighted by Gasteiger charge is -2.09. The zero-order valence-electron chi connectivity index (χ0n) is 12.8. The molecule has 0 atom stereocenters. The van der Waals surface area contributed by atoms with Crippen LogP contribution >= 0.6 is 23.2 Å². The van der Waals surface area contributed by atoms with Crippen molar-refractivity contribution in [3.8, 4) is 5.75 Å². The number of hydrogen-bond donors (Lipinski definition) is 1. The molecule has 1 amide bonds. The van der Waals surface area contributed by atoms with Crippen molar-refractivity contribution in [1.82, 2.24) is 5.43 Å². The number of rotatable bonds is 7. The molecule has 0 bridgehead atoms. The summed E-state index contributed by atoms with van der Waals surface area (Å²) in [6.45, 7) is 3.55. The molecule has 0 spiro atoms. The summed E-state index contributed by atoms with van der Waals surface area (Å²) in [5, 5.41) is 4.75. The number of carbonyl (C=O) groups excluding carboxylic acids is 1. The number of nitrogens with zero attached hydrogens (tertiary/aromatic N) is 1. The third-order valence-electron chi connectivity index (χ3n) is 3.08. The molecule has 0 aliphatic rings. The van der Waals surface area contributed by atoms with Gasteiger partial charge < -0.3 is 4.74 Å². The third kappa shape index (κ3) is 5.11. The minimum atomic E-state index is -0.386. The molecular formula is C18H16Cl2N2O2. The van der Waals surface area contributed by atoms with Gasteiger partial charge in [-0.1, -0.05) is 53.5 Å². The lowest BCUT2D eigenvalue weighted by atomic mass is 10.1. The number of nitrogens with one attached hydrogen (secondary N) is 1. The van der Waals surface area contributed by atoms with Crippen LogP contribution in [0.15, 0.2) is 60.2 Å². The number of hydrazone groups is 1. The van der Waals surface area contributed by atoms with Crippen molar-refractivity contribution in [1.29, 1.82) is 0 Å². The van der Waals surface area contributed by atoms with E-state index in [0.717, 1.165) is 5.56 Å². The predicted molar refractivity (Wildman–Crippen MR) is 98.0 cm³/mol. The molecule has 1 N–H and O–H groups in total. The highest BCUT2D eigenvalue weighted by Gasteiger charge is 2.06. The van der Waals surface area contributed by atoms with Gasteiger partial charge >= 0.3 is 0 Å². The first-order valence-corrected chi connectivity index (χ1v) is 7.95. The van der Waals surface area contributed by atoms with Gasteiger partial charge in [-0.05, 0) is 30.2 Å². The summed E-state index contributed by atoms with van der Waals surface area (Å²) in [6.07, 6.45) is 3.84. The number of halogens is 2. The van der Waals surface area contributed by atoms with Crippen molar-refractivity contribution in [2.75, 3.05) is 6.61 Å². The Hall–Kier alpha value is -2.30. The first-order chi connectivity index (χ1) is 11.6. The first-order valence-electron chi connectivity index (χ1n) is 7.19. The number of ether oxygens (including phenoxy) is 1. The van der Waals surface area contributed by atoms with Crippen molar-refractivity contribution in [2.45, 2.75) is 6.42 Å². The van der Waals surface area contributed by atoms with E-state index in [0.29, 0.717) is 27.8 Å². The van der Waals surface area contributed by atoms with E-state index in [1.807, 2.05) is 18.2 Å². The third-order valence-corrected chi connectivity index (χ3v) is 3.74. The first kappa shape index (κ1) is 18.0. The van der Waals surface area contributed by atoms with Gasteiger partial charge in [0.2, 0.25) is 0 Å². The lowest BCUT2D eigenvalue weighted by Crippen LogP contribution is -2.24. The Bertz CT molecular complexity index is 740. The van der Waals surface area contributed by atoms with Crippen molar-refractivity contribution in [3.63, 3.8) is 0 Å². The minimum Gasteiger partial charge on any atom is -0.483 e. The Balaban J connectivity index is 1.90. The van der Waals surface area contributed by atoms with Gasteiger partial charge in [0.05, 0.1) is 16.3 Å². The van der Waals surface area contributed by atoms with E-state index < -0.39 is 0 Å². The molecule has 124 valence electrons. The number of benzene rings is 2. The van der Waals surface area contributed by atoms with Crippen LogP contribution in [0.4, 0.5) is 0 Å². The van der Waals surface area contributed by atoms with Crippen LogP contribution in [0.25, 0.3) is 0 Å². The molecule has 0 aliphatic heterocycles. The highest BCUT2D eigenvalue weighted by molar-refractivity contribution is 6.38. The van der Waals surface area contributed by atoms with Crippen LogP contribution < -0.4 is 10.2 Å². The average Bonchev–Trinajstić information content (AvgIpc) is 2.57. The molecule has 0 saturated heterocycles. The topological polar surface area (TPSA) is 50.7 Å². The molecular weight excluding hydrogens is 347 g/mol. The van der Waals surface area contributed by atoms with E-state index in [4.69, 9.17) is 27.9 Å². The van der Waals surface area contributed by atoms with Crippen LogP contribution in [0.5, 0.6) is 5.75 Å². The fraction of sp³-hybridized carbons (Fsp3) is 0.111. The molecule has 0 saturated carbocycles. The lowest BCUT2D eigenvalue weighted by molar-refractivity contribution is -0.123. The highest BCUT2D eigenvalue weighted by atomic mass is 35.5. The SMILES string of the molecule is C=CCc1ccccc1OCC(=O)N/N=C\c1c(Cl)cccc1Cl. The Labute approximate surface area is 150 Å². The van der Waals surface area contributed by atoms with Gasteiger partial charge in [0.1, 0.15) is 5.75 Å². The van der Waals surface area contributed by atoms with Gasteiger partial charge in [0, 0.05) is 5.56 Å². The van der Waals surface area contributed by atoms with Gasteiger partial charge in [0.25, 0.3) is 5.91 Å². The fourth-order valence-corrected chi connectivity index (χ4v) is 2.44. The molecule has 4 nitrogen and oxygen atoms in total. The van der Waals surface area contributed by atoms with E-state index in [2.05, 4.69) is 17.1 Å². The summed E-state index contributed by atoms with van der Waals surface area (Å²) in [6, 6.07) is 12.6. The Morgan fingerprint density at radius 2 is 1.88 bits per heavy atom. The average molecular weight is 363 g/mol. The summed E-state index contributed by atoms with van der Waals surface area (Å²) in [4.78, 5) is 11.8. The maximum Gasteiger partial charge on any atom is 0.277 e. The quantitative estimate of drug-likeness (QED) is 0.454.